The van der Waals surface area contributed by atoms with Crippen LogP contribution in [0.2, 0.25) is 0 Å². The predicted molar refractivity (Wildman–Crippen MR) is 485 cm³/mol. The van der Waals surface area contributed by atoms with E-state index in [4.69, 9.17) is 67.6 Å². The van der Waals surface area contributed by atoms with Gasteiger partial charge in [0.1, 0.15) is 46.7 Å². The molecule has 0 saturated carbocycles. The summed E-state index contributed by atoms with van der Waals surface area (Å²) >= 11 is 0. The van der Waals surface area contributed by atoms with Crippen LogP contribution in [0.25, 0.3) is 61.1 Å². The van der Waals surface area contributed by atoms with Crippen LogP contribution in [0.15, 0.2) is 267 Å². The first-order valence-corrected chi connectivity index (χ1v) is 43.2. The lowest BCUT2D eigenvalue weighted by Crippen LogP contribution is -2.37. The summed E-state index contributed by atoms with van der Waals surface area (Å²) in [6, 6.07) is 59.7. The van der Waals surface area contributed by atoms with Crippen molar-refractivity contribution in [2.45, 2.75) is 83.4 Å². The number of carbonyl (C=O) groups excluding carboxylic acids is 1. The van der Waals surface area contributed by atoms with Crippen molar-refractivity contribution >= 4 is 107 Å². The van der Waals surface area contributed by atoms with Crippen molar-refractivity contribution in [3.8, 4) is 17.1 Å². The molecule has 14 heterocycles. The number of furan rings is 3. The quantitative estimate of drug-likeness (QED) is 0.0432. The van der Waals surface area contributed by atoms with E-state index in [1.807, 2.05) is 137 Å². The lowest BCUT2D eigenvalue weighted by atomic mass is 10.1. The summed E-state index contributed by atoms with van der Waals surface area (Å²) in [5.74, 6) is 7.24. The number of benzene rings is 6. The van der Waals surface area contributed by atoms with Gasteiger partial charge in [0.15, 0.2) is 22.8 Å². The molecule has 0 atom stereocenters. The van der Waals surface area contributed by atoms with Crippen molar-refractivity contribution in [3.05, 3.63) is 289 Å². The number of aryl methyl sites for hydroxylation is 3. The van der Waals surface area contributed by atoms with E-state index >= 15 is 0 Å². The van der Waals surface area contributed by atoms with Gasteiger partial charge in [-0.1, -0.05) is 126 Å². The van der Waals surface area contributed by atoms with E-state index in [-0.39, 0.29) is 22.2 Å². The van der Waals surface area contributed by atoms with Crippen molar-refractivity contribution in [1.82, 2.24) is 63.8 Å². The molecule has 16 aromatic rings. The molecule has 30 nitrogen and oxygen atoms in total. The van der Waals surface area contributed by atoms with Crippen LogP contribution < -0.4 is 40.9 Å². The van der Waals surface area contributed by atoms with E-state index in [1.165, 1.54) is 16.7 Å². The predicted octanol–water partition coefficient (Wildman–Crippen LogP) is 15.6. The summed E-state index contributed by atoms with van der Waals surface area (Å²) in [5, 5.41) is 31.0. The Kier molecular flexibility index (Phi) is 25.0. The summed E-state index contributed by atoms with van der Waals surface area (Å²) in [6.07, 6.45) is 9.91. The minimum Gasteiger partial charge on any atom is -0.467 e. The van der Waals surface area contributed by atoms with Crippen molar-refractivity contribution in [1.29, 1.82) is 0 Å². The Morgan fingerprint density at radius 1 is 0.472 bits per heavy atom. The number of morpholine rings is 3. The average molecular weight is 1700 g/mol. The van der Waals surface area contributed by atoms with E-state index in [9.17, 15) is 13.2 Å². The fourth-order valence-electron chi connectivity index (χ4n) is 15.4. The van der Waals surface area contributed by atoms with Gasteiger partial charge in [0.2, 0.25) is 33.6 Å². The lowest BCUT2D eigenvalue weighted by molar-refractivity contribution is -0.119. The maximum atomic E-state index is 13.3. The van der Waals surface area contributed by atoms with E-state index < -0.39 is 9.84 Å². The van der Waals surface area contributed by atoms with Gasteiger partial charge >= 0.3 is 0 Å². The summed E-state index contributed by atoms with van der Waals surface area (Å²) in [6.45, 7) is 29.1. The molecule has 3 saturated heterocycles. The summed E-state index contributed by atoms with van der Waals surface area (Å²) in [7, 11) is -3.69. The number of nitrogens with one attached hydrogen (secondary N) is 4. The number of ether oxygens (including phenoxy) is 3. The molecule has 0 aliphatic carbocycles. The molecule has 20 rings (SSSR count). The van der Waals surface area contributed by atoms with Crippen LogP contribution in [0.4, 0.5) is 46.8 Å². The summed E-state index contributed by atoms with van der Waals surface area (Å²) in [4.78, 5) is 51.2. The monoisotopic (exact) mass is 1700 g/mol. The van der Waals surface area contributed by atoms with Gasteiger partial charge in [-0.2, -0.15) is 40.1 Å². The van der Waals surface area contributed by atoms with Gasteiger partial charge in [-0.05, 0) is 144 Å². The molecule has 3 fully saturated rings. The Bertz CT molecular complexity index is 6350. The van der Waals surface area contributed by atoms with Crippen LogP contribution in [0, 0.1) is 20.8 Å². The average Bonchev–Trinajstić information content (AvgIpc) is 1.71. The molecular formula is C94H97N21O9S. The van der Waals surface area contributed by atoms with Crippen molar-refractivity contribution in [2.75, 3.05) is 126 Å². The summed E-state index contributed by atoms with van der Waals surface area (Å²) < 4.78 is 66.9. The first-order valence-electron chi connectivity index (χ1n) is 41.7. The van der Waals surface area contributed by atoms with E-state index in [0.717, 1.165) is 159 Å². The third-order valence-corrected chi connectivity index (χ3v) is 23.5. The van der Waals surface area contributed by atoms with Gasteiger partial charge in [0, 0.05) is 80.7 Å². The second-order valence-corrected chi connectivity index (χ2v) is 32.9. The molecule has 0 radical (unpaired) electrons. The van der Waals surface area contributed by atoms with Gasteiger partial charge in [-0.25, -0.2) is 22.5 Å². The largest absolute Gasteiger partial charge is 0.467 e. The lowest BCUT2D eigenvalue weighted by Gasteiger charge is -2.28. The highest BCUT2D eigenvalue weighted by atomic mass is 32.2. The second kappa shape index (κ2) is 37.6. The van der Waals surface area contributed by atoms with Crippen LogP contribution in [0.5, 0.6) is 0 Å². The minimum absolute atomic E-state index is 0.0515. The highest BCUT2D eigenvalue weighted by Gasteiger charge is 2.31. The molecule has 0 spiro atoms. The summed E-state index contributed by atoms with van der Waals surface area (Å²) in [5.41, 5.74) is 14.3. The first-order chi connectivity index (χ1) is 61.0. The molecule has 10 aromatic heterocycles. The fourth-order valence-corrected chi connectivity index (χ4v) is 16.9. The van der Waals surface area contributed by atoms with Crippen molar-refractivity contribution in [2.24, 2.45) is 0 Å². The molecule has 4 aliphatic rings. The number of aromatic nitrogens is 13. The maximum Gasteiger partial charge on any atom is 0.246 e. The van der Waals surface area contributed by atoms with Crippen molar-refractivity contribution < 1.29 is 40.7 Å². The fraction of sp³-hybridized carbons (Fsp3) is 0.255. The highest BCUT2D eigenvalue weighted by molar-refractivity contribution is 7.91. The number of nitrogens with zero attached hydrogens (tertiary/aromatic N) is 17. The Balaban J connectivity index is 0.000000118. The molecular weight excluding hydrogens is 1600 g/mol. The first kappa shape index (κ1) is 83.0. The van der Waals surface area contributed by atoms with Crippen molar-refractivity contribution in [3.63, 3.8) is 0 Å². The SMILES string of the molecule is C=C(C)Cc1nn(-c2ccc(C)cc2)c2nc(NCc3ccco3)nc(N3CCOCC3)c12.C=C(C)Nc1nn(-c2ccc(C)cc2)c2nc(NCc3ccco3)nc(N3CCOCC3)c12.Cc1ccc(-n2ncc3c(N4CCOCC4)nc(NCc4ccco4)nc32)cc1.O=C(Cn1cc(S(=O)(=O)c2ccccc2)c2ccccc21)N1CCc2ccccc21. The maximum absolute atomic E-state index is 13.3. The Morgan fingerprint density at radius 3 is 1.46 bits per heavy atom. The number of allylic oxidation sites excluding steroid dienone is 2. The zero-order chi connectivity index (χ0) is 85.9. The van der Waals surface area contributed by atoms with E-state index in [0.29, 0.717) is 107 Å². The van der Waals surface area contributed by atoms with E-state index in [1.54, 1.807) is 70.9 Å². The van der Waals surface area contributed by atoms with Crippen LogP contribution >= 0.6 is 0 Å². The Hall–Kier alpha value is -14.3. The third kappa shape index (κ3) is 18.9. The van der Waals surface area contributed by atoms with Crippen LogP contribution in [-0.4, -0.2) is 164 Å². The number of hydrogen-bond donors (Lipinski definition) is 4. The number of amides is 1. The number of fused-ring (bicyclic) bond motifs is 5. The minimum atomic E-state index is -3.69. The molecule has 6 aromatic carbocycles. The standard InChI is InChI=1S/C25H28N6O2.C24H27N7O2.C24H20N2O3S.C21H22N6O2/c1-17(2)15-21-22-23(30-10-13-32-14-11-30)27-25(26-16-20-5-4-12-33-20)28-24(22)31(29-21)19-8-6-18(3)7-9-19;1-16(2)26-21-20-22(30-10-13-32-14-11-30)27-24(25-15-19-5-4-12-33-19)28-23(20)31(29-21)18-8-6-17(3)7-9-18;27-24(26-15-14-18-8-4-6-12-21(18)26)17-25-16-23(20-11-5-7-13-22(20)25)30(28,29)19-9-2-1-3-10-19;1-15-4-6-16(7-5-15)27-20-18(14-23-27)19(26-8-11-28-12-9-26)24-21(25-20)22-13-17-3-2-10-29-17/h4-9,12H,1,10-11,13-16H2,2-3H3,(H,26,27,28);4-9,12H,1,10-11,13-15H2,2-3H3,(H,26,29)(H,25,27,28);1-13,16H,14-15,17H2;2-7,10,14H,8-9,11-13H2,1H3,(H,22,24,25). The zero-order valence-electron chi connectivity index (χ0n) is 70.3. The number of para-hydroxylation sites is 2. The van der Waals surface area contributed by atoms with Gasteiger partial charge in [0.25, 0.3) is 0 Å². The number of anilines is 8. The van der Waals surface area contributed by atoms with Crippen LogP contribution in [0.1, 0.15) is 59.1 Å². The number of carbonyl (C=O) groups is 1. The normalized spacial score (nSPS) is 14.0. The molecule has 0 unspecified atom stereocenters. The van der Waals surface area contributed by atoms with E-state index in [2.05, 4.69) is 124 Å². The molecule has 125 heavy (non-hydrogen) atoms. The molecule has 0 bridgehead atoms. The third-order valence-electron chi connectivity index (χ3n) is 21.7. The topological polar surface area (TPSA) is 315 Å². The zero-order valence-corrected chi connectivity index (χ0v) is 71.1. The molecule has 4 aliphatic heterocycles. The number of hydrogen-bond acceptors (Lipinski definition) is 25. The van der Waals surface area contributed by atoms with Gasteiger partial charge in [0.05, 0.1) is 128 Å². The molecule has 638 valence electrons. The Morgan fingerprint density at radius 2 is 0.936 bits per heavy atom. The Labute approximate surface area is 722 Å². The highest BCUT2D eigenvalue weighted by Crippen LogP contribution is 2.38. The molecule has 31 heteroatoms. The van der Waals surface area contributed by atoms with Crippen LogP contribution in [0.3, 0.4) is 0 Å². The van der Waals surface area contributed by atoms with Gasteiger partial charge in [-0.15, -0.1) is 5.10 Å². The van der Waals surface area contributed by atoms with Gasteiger partial charge in [-0.3, -0.25) is 4.79 Å². The second-order valence-electron chi connectivity index (χ2n) is 30.9. The number of rotatable bonds is 23. The number of sulfone groups is 1. The smallest absolute Gasteiger partial charge is 0.246 e. The molecule has 1 amide bonds. The molecule has 4 N–H and O–H groups in total. The van der Waals surface area contributed by atoms with Gasteiger partial charge < -0.3 is 72.9 Å². The van der Waals surface area contributed by atoms with Crippen LogP contribution in [-0.2, 0) is 67.9 Å².